The first-order valence-electron chi connectivity index (χ1n) is 7.20. The van der Waals surface area contributed by atoms with Crippen LogP contribution in [0.25, 0.3) is 0 Å². The summed E-state index contributed by atoms with van der Waals surface area (Å²) in [6.45, 7) is 0.461. The van der Waals surface area contributed by atoms with Gasteiger partial charge in [-0.05, 0) is 25.7 Å². The normalized spacial score (nSPS) is 25.5. The van der Waals surface area contributed by atoms with E-state index in [4.69, 9.17) is 0 Å². The molecule has 2 N–H and O–H groups in total. The minimum atomic E-state index is -0.622. The zero-order valence-corrected chi connectivity index (χ0v) is 10.7. The van der Waals surface area contributed by atoms with Crippen LogP contribution in [-0.4, -0.2) is 23.2 Å². The third-order valence-electron chi connectivity index (χ3n) is 4.35. The molecule has 0 aromatic rings. The SMILES string of the molecule is O=C(NCC1(O)CCCCC1)C1CCCCC1. The first-order chi connectivity index (χ1) is 8.20. The van der Waals surface area contributed by atoms with Crippen LogP contribution >= 0.6 is 0 Å². The molecular formula is C14H25NO2. The van der Waals surface area contributed by atoms with Gasteiger partial charge in [0.25, 0.3) is 0 Å². The smallest absolute Gasteiger partial charge is 0.223 e. The Morgan fingerprint density at radius 2 is 1.65 bits per heavy atom. The highest BCUT2D eigenvalue weighted by molar-refractivity contribution is 5.78. The van der Waals surface area contributed by atoms with Crippen molar-refractivity contribution in [2.75, 3.05) is 6.54 Å². The fraction of sp³-hybridized carbons (Fsp3) is 0.929. The van der Waals surface area contributed by atoms with Crippen molar-refractivity contribution >= 4 is 5.91 Å². The second kappa shape index (κ2) is 5.85. The van der Waals surface area contributed by atoms with Crippen molar-refractivity contribution in [2.24, 2.45) is 5.92 Å². The van der Waals surface area contributed by atoms with E-state index in [9.17, 15) is 9.90 Å². The van der Waals surface area contributed by atoms with Gasteiger partial charge in [0.15, 0.2) is 0 Å². The van der Waals surface area contributed by atoms with Gasteiger partial charge in [0.05, 0.1) is 5.60 Å². The monoisotopic (exact) mass is 239 g/mol. The highest BCUT2D eigenvalue weighted by Gasteiger charge is 2.30. The third kappa shape index (κ3) is 3.70. The van der Waals surface area contributed by atoms with Crippen LogP contribution < -0.4 is 5.32 Å². The lowest BCUT2D eigenvalue weighted by Crippen LogP contribution is -2.46. The zero-order valence-electron chi connectivity index (χ0n) is 10.7. The molecule has 2 saturated carbocycles. The molecule has 0 heterocycles. The molecule has 0 saturated heterocycles. The van der Waals surface area contributed by atoms with Crippen LogP contribution in [0.3, 0.4) is 0 Å². The molecule has 2 fully saturated rings. The lowest BCUT2D eigenvalue weighted by Gasteiger charge is -2.33. The molecule has 1 amide bonds. The molecule has 2 aliphatic carbocycles. The van der Waals surface area contributed by atoms with E-state index in [2.05, 4.69) is 5.32 Å². The van der Waals surface area contributed by atoms with Gasteiger partial charge in [-0.25, -0.2) is 0 Å². The van der Waals surface area contributed by atoms with Crippen LogP contribution in [0.1, 0.15) is 64.2 Å². The summed E-state index contributed by atoms with van der Waals surface area (Å²) in [6.07, 6.45) is 10.8. The Morgan fingerprint density at radius 3 is 2.29 bits per heavy atom. The predicted molar refractivity (Wildman–Crippen MR) is 67.6 cm³/mol. The summed E-state index contributed by atoms with van der Waals surface area (Å²) in [5.41, 5.74) is -0.622. The number of amides is 1. The quantitative estimate of drug-likeness (QED) is 0.794. The highest BCUT2D eigenvalue weighted by Crippen LogP contribution is 2.28. The number of carbonyl (C=O) groups excluding carboxylic acids is 1. The summed E-state index contributed by atoms with van der Waals surface area (Å²) in [5, 5.41) is 13.3. The van der Waals surface area contributed by atoms with Gasteiger partial charge in [0.2, 0.25) is 5.91 Å². The van der Waals surface area contributed by atoms with E-state index in [1.54, 1.807) is 0 Å². The topological polar surface area (TPSA) is 49.3 Å². The minimum Gasteiger partial charge on any atom is -0.388 e. The first kappa shape index (κ1) is 12.9. The third-order valence-corrected chi connectivity index (χ3v) is 4.35. The molecule has 98 valence electrons. The Labute approximate surface area is 104 Å². The molecule has 0 radical (unpaired) electrons. The maximum atomic E-state index is 12.0. The van der Waals surface area contributed by atoms with Crippen molar-refractivity contribution in [2.45, 2.75) is 69.8 Å². The van der Waals surface area contributed by atoms with Crippen LogP contribution in [0.4, 0.5) is 0 Å². The fourth-order valence-electron chi connectivity index (χ4n) is 3.15. The molecular weight excluding hydrogens is 214 g/mol. The van der Waals surface area contributed by atoms with Gasteiger partial charge in [-0.15, -0.1) is 0 Å². The van der Waals surface area contributed by atoms with E-state index in [0.717, 1.165) is 38.5 Å². The molecule has 0 aromatic carbocycles. The van der Waals surface area contributed by atoms with Gasteiger partial charge in [-0.2, -0.15) is 0 Å². The first-order valence-corrected chi connectivity index (χ1v) is 7.20. The van der Waals surface area contributed by atoms with Crippen LogP contribution in [0.2, 0.25) is 0 Å². The zero-order chi connectivity index (χ0) is 12.1. The lowest BCUT2D eigenvalue weighted by atomic mass is 9.84. The average Bonchev–Trinajstić information content (AvgIpc) is 2.38. The summed E-state index contributed by atoms with van der Waals surface area (Å²) in [7, 11) is 0. The van der Waals surface area contributed by atoms with Crippen molar-refractivity contribution in [1.29, 1.82) is 0 Å². The van der Waals surface area contributed by atoms with E-state index >= 15 is 0 Å². The van der Waals surface area contributed by atoms with Gasteiger partial charge in [-0.3, -0.25) is 4.79 Å². The van der Waals surface area contributed by atoms with E-state index in [1.165, 1.54) is 25.7 Å². The number of hydrogen-bond donors (Lipinski definition) is 2. The van der Waals surface area contributed by atoms with Crippen LogP contribution in [0.5, 0.6) is 0 Å². The second-order valence-corrected chi connectivity index (χ2v) is 5.84. The summed E-state index contributed by atoms with van der Waals surface area (Å²) in [6, 6.07) is 0. The number of carbonyl (C=O) groups is 1. The summed E-state index contributed by atoms with van der Waals surface area (Å²) >= 11 is 0. The molecule has 0 aromatic heterocycles. The van der Waals surface area contributed by atoms with E-state index in [1.807, 2.05) is 0 Å². The van der Waals surface area contributed by atoms with Gasteiger partial charge in [-0.1, -0.05) is 38.5 Å². The lowest BCUT2D eigenvalue weighted by molar-refractivity contribution is -0.127. The Morgan fingerprint density at radius 1 is 1.06 bits per heavy atom. The van der Waals surface area contributed by atoms with Crippen LogP contribution in [0.15, 0.2) is 0 Å². The summed E-state index contributed by atoms with van der Waals surface area (Å²) < 4.78 is 0. The van der Waals surface area contributed by atoms with Crippen molar-refractivity contribution in [3.05, 3.63) is 0 Å². The Balaban J connectivity index is 1.74. The Bertz CT molecular complexity index is 253. The number of hydrogen-bond acceptors (Lipinski definition) is 2. The van der Waals surface area contributed by atoms with E-state index in [0.29, 0.717) is 6.54 Å². The van der Waals surface area contributed by atoms with Gasteiger partial charge < -0.3 is 10.4 Å². The van der Waals surface area contributed by atoms with Crippen molar-refractivity contribution in [3.8, 4) is 0 Å². The molecule has 0 bridgehead atoms. The molecule has 2 rings (SSSR count). The van der Waals surface area contributed by atoms with Gasteiger partial charge in [0, 0.05) is 12.5 Å². The maximum Gasteiger partial charge on any atom is 0.223 e. The Kier molecular flexibility index (Phi) is 4.43. The average molecular weight is 239 g/mol. The number of aliphatic hydroxyl groups is 1. The highest BCUT2D eigenvalue weighted by atomic mass is 16.3. The standard InChI is InChI=1S/C14H25NO2/c16-13(12-7-3-1-4-8-12)15-11-14(17)9-5-2-6-10-14/h12,17H,1-11H2,(H,15,16). The van der Waals surface area contributed by atoms with E-state index < -0.39 is 5.60 Å². The fourth-order valence-corrected chi connectivity index (χ4v) is 3.15. The summed E-state index contributed by atoms with van der Waals surface area (Å²) in [5.74, 6) is 0.375. The molecule has 17 heavy (non-hydrogen) atoms. The van der Waals surface area contributed by atoms with Gasteiger partial charge in [0.1, 0.15) is 0 Å². The number of rotatable bonds is 3. The number of nitrogens with one attached hydrogen (secondary N) is 1. The summed E-state index contributed by atoms with van der Waals surface area (Å²) in [4.78, 5) is 12.0. The van der Waals surface area contributed by atoms with E-state index in [-0.39, 0.29) is 11.8 Å². The van der Waals surface area contributed by atoms with Crippen molar-refractivity contribution in [1.82, 2.24) is 5.32 Å². The minimum absolute atomic E-state index is 0.170. The second-order valence-electron chi connectivity index (χ2n) is 5.84. The van der Waals surface area contributed by atoms with Crippen LogP contribution in [-0.2, 0) is 4.79 Å². The van der Waals surface area contributed by atoms with Crippen LogP contribution in [0, 0.1) is 5.92 Å². The van der Waals surface area contributed by atoms with Crippen molar-refractivity contribution in [3.63, 3.8) is 0 Å². The maximum absolute atomic E-state index is 12.0. The predicted octanol–water partition coefficient (Wildman–Crippen LogP) is 2.38. The molecule has 0 aliphatic heterocycles. The molecule has 0 atom stereocenters. The molecule has 3 nitrogen and oxygen atoms in total. The molecule has 0 spiro atoms. The Hall–Kier alpha value is -0.570. The van der Waals surface area contributed by atoms with Crippen molar-refractivity contribution < 1.29 is 9.90 Å². The molecule has 3 heteroatoms. The largest absolute Gasteiger partial charge is 0.388 e. The van der Waals surface area contributed by atoms with Gasteiger partial charge >= 0.3 is 0 Å². The molecule has 0 unspecified atom stereocenters. The molecule has 2 aliphatic rings.